The summed E-state index contributed by atoms with van der Waals surface area (Å²) >= 11 is 6.09. The van der Waals surface area contributed by atoms with Crippen LogP contribution < -0.4 is 5.32 Å². The van der Waals surface area contributed by atoms with Gasteiger partial charge in [-0.3, -0.25) is 4.98 Å². The molecule has 0 atom stereocenters. The molecule has 1 N–H and O–H groups in total. The van der Waals surface area contributed by atoms with Gasteiger partial charge in [0, 0.05) is 24.5 Å². The lowest BCUT2D eigenvalue weighted by molar-refractivity contribution is 0.897. The Morgan fingerprint density at radius 1 is 1.33 bits per heavy atom. The first-order valence-corrected chi connectivity index (χ1v) is 6.31. The van der Waals surface area contributed by atoms with Gasteiger partial charge in [-0.1, -0.05) is 31.0 Å². The Bertz CT molecular complexity index is 502. The van der Waals surface area contributed by atoms with Crippen molar-refractivity contribution in [3.8, 4) is 0 Å². The molecule has 5 heteroatoms. The van der Waals surface area contributed by atoms with Gasteiger partial charge < -0.3 is 5.32 Å². The average Bonchev–Trinajstić information content (AvgIpc) is 2.41. The molecule has 2 heterocycles. The van der Waals surface area contributed by atoms with Crippen molar-refractivity contribution >= 4 is 17.4 Å². The molecule has 0 saturated carbocycles. The molecule has 0 unspecified atom stereocenters. The van der Waals surface area contributed by atoms with Gasteiger partial charge in [-0.05, 0) is 18.1 Å². The summed E-state index contributed by atoms with van der Waals surface area (Å²) in [6, 6.07) is 3.93. The third kappa shape index (κ3) is 3.17. The maximum Gasteiger partial charge on any atom is 0.137 e. The summed E-state index contributed by atoms with van der Waals surface area (Å²) in [7, 11) is 0. The second-order valence-corrected chi connectivity index (χ2v) is 4.31. The highest BCUT2D eigenvalue weighted by Crippen LogP contribution is 2.21. The molecule has 2 rings (SSSR count). The van der Waals surface area contributed by atoms with Crippen LogP contribution in [-0.4, -0.2) is 15.0 Å². The minimum atomic E-state index is 0.528. The normalized spacial score (nSPS) is 10.3. The molecule has 0 fully saturated rings. The summed E-state index contributed by atoms with van der Waals surface area (Å²) in [5, 5.41) is 3.81. The van der Waals surface area contributed by atoms with E-state index in [1.165, 1.54) is 6.33 Å². The molecule has 2 aromatic heterocycles. The fourth-order valence-electron chi connectivity index (χ4n) is 1.70. The number of nitrogens with one attached hydrogen (secondary N) is 1. The third-order valence-electron chi connectivity index (χ3n) is 2.58. The van der Waals surface area contributed by atoms with E-state index in [2.05, 4.69) is 27.2 Å². The minimum Gasteiger partial charge on any atom is -0.366 e. The standard InChI is InChI=1S/C13H15ClN4/c1-2-4-11-12(14)17-9-18-13(11)16-8-10-5-3-6-15-7-10/h3,5-7,9H,2,4,8H2,1H3,(H,16,17,18). The predicted octanol–water partition coefficient (Wildman–Crippen LogP) is 3.09. The van der Waals surface area contributed by atoms with E-state index < -0.39 is 0 Å². The number of rotatable bonds is 5. The van der Waals surface area contributed by atoms with Gasteiger partial charge in [-0.2, -0.15) is 0 Å². The quantitative estimate of drug-likeness (QED) is 0.842. The topological polar surface area (TPSA) is 50.7 Å². The molecule has 94 valence electrons. The van der Waals surface area contributed by atoms with Gasteiger partial charge in [0.05, 0.1) is 0 Å². The maximum atomic E-state index is 6.09. The number of anilines is 1. The Hall–Kier alpha value is -1.68. The number of pyridine rings is 1. The SMILES string of the molecule is CCCc1c(Cl)ncnc1NCc1cccnc1. The van der Waals surface area contributed by atoms with Gasteiger partial charge in [0.15, 0.2) is 0 Å². The van der Waals surface area contributed by atoms with Gasteiger partial charge in [0.25, 0.3) is 0 Å². The third-order valence-corrected chi connectivity index (χ3v) is 2.90. The molecule has 0 amide bonds. The molecule has 2 aromatic rings. The summed E-state index contributed by atoms with van der Waals surface area (Å²) in [6.45, 7) is 2.78. The van der Waals surface area contributed by atoms with E-state index in [9.17, 15) is 0 Å². The first-order chi connectivity index (χ1) is 8.81. The zero-order valence-corrected chi connectivity index (χ0v) is 11.0. The molecule has 0 aliphatic carbocycles. The number of hydrogen-bond donors (Lipinski definition) is 1. The van der Waals surface area contributed by atoms with Crippen molar-refractivity contribution in [2.45, 2.75) is 26.3 Å². The van der Waals surface area contributed by atoms with Crippen molar-refractivity contribution < 1.29 is 0 Å². The lowest BCUT2D eigenvalue weighted by Crippen LogP contribution is -2.06. The molecule has 0 saturated heterocycles. The molecule has 0 radical (unpaired) electrons. The summed E-state index contributed by atoms with van der Waals surface area (Å²) in [5.41, 5.74) is 2.08. The second kappa shape index (κ2) is 6.31. The molecule has 0 spiro atoms. The summed E-state index contributed by atoms with van der Waals surface area (Å²) < 4.78 is 0. The summed E-state index contributed by atoms with van der Waals surface area (Å²) in [5.74, 6) is 0.806. The van der Waals surface area contributed by atoms with Crippen LogP contribution in [0.1, 0.15) is 24.5 Å². The predicted molar refractivity (Wildman–Crippen MR) is 72.6 cm³/mol. The van der Waals surface area contributed by atoms with Crippen LogP contribution >= 0.6 is 11.6 Å². The molecule has 0 bridgehead atoms. The van der Waals surface area contributed by atoms with Gasteiger partial charge >= 0.3 is 0 Å². The van der Waals surface area contributed by atoms with E-state index in [-0.39, 0.29) is 0 Å². The van der Waals surface area contributed by atoms with E-state index in [1.807, 2.05) is 18.3 Å². The molecule has 0 aliphatic rings. The van der Waals surface area contributed by atoms with Crippen molar-refractivity contribution in [3.05, 3.63) is 47.1 Å². The van der Waals surface area contributed by atoms with Gasteiger partial charge in [0.2, 0.25) is 0 Å². The van der Waals surface area contributed by atoms with E-state index in [0.717, 1.165) is 29.8 Å². The highest BCUT2D eigenvalue weighted by Gasteiger charge is 2.08. The lowest BCUT2D eigenvalue weighted by Gasteiger charge is -2.10. The fourth-order valence-corrected chi connectivity index (χ4v) is 1.93. The van der Waals surface area contributed by atoms with Crippen LogP contribution in [0.25, 0.3) is 0 Å². The number of aromatic nitrogens is 3. The molecule has 0 aromatic carbocycles. The maximum absolute atomic E-state index is 6.09. The largest absolute Gasteiger partial charge is 0.366 e. The zero-order valence-electron chi connectivity index (χ0n) is 10.2. The van der Waals surface area contributed by atoms with Gasteiger partial charge in [-0.15, -0.1) is 0 Å². The summed E-state index contributed by atoms with van der Waals surface area (Å²) in [6.07, 6.45) is 6.94. The van der Waals surface area contributed by atoms with E-state index >= 15 is 0 Å². The van der Waals surface area contributed by atoms with Crippen LogP contribution in [-0.2, 0) is 13.0 Å². The van der Waals surface area contributed by atoms with Crippen LogP contribution in [0.4, 0.5) is 5.82 Å². The zero-order chi connectivity index (χ0) is 12.8. The van der Waals surface area contributed by atoms with E-state index in [1.54, 1.807) is 6.20 Å². The highest BCUT2D eigenvalue weighted by atomic mass is 35.5. The minimum absolute atomic E-state index is 0.528. The van der Waals surface area contributed by atoms with Crippen LogP contribution in [0, 0.1) is 0 Å². The van der Waals surface area contributed by atoms with Crippen molar-refractivity contribution in [1.82, 2.24) is 15.0 Å². The molecule has 18 heavy (non-hydrogen) atoms. The smallest absolute Gasteiger partial charge is 0.137 e. The molecular formula is C13H15ClN4. The Balaban J connectivity index is 2.11. The molecular weight excluding hydrogens is 248 g/mol. The highest BCUT2D eigenvalue weighted by molar-refractivity contribution is 6.30. The number of halogens is 1. The molecule has 0 aliphatic heterocycles. The van der Waals surface area contributed by atoms with Gasteiger partial charge in [0.1, 0.15) is 17.3 Å². The first kappa shape index (κ1) is 12.8. The average molecular weight is 263 g/mol. The Morgan fingerprint density at radius 2 is 2.22 bits per heavy atom. The van der Waals surface area contributed by atoms with Crippen molar-refractivity contribution in [2.24, 2.45) is 0 Å². The Kier molecular flexibility index (Phi) is 4.47. The second-order valence-electron chi connectivity index (χ2n) is 3.96. The monoisotopic (exact) mass is 262 g/mol. The Labute approximate surface area is 111 Å². The van der Waals surface area contributed by atoms with E-state index in [0.29, 0.717) is 11.7 Å². The van der Waals surface area contributed by atoms with Gasteiger partial charge in [-0.25, -0.2) is 9.97 Å². The van der Waals surface area contributed by atoms with Crippen molar-refractivity contribution in [1.29, 1.82) is 0 Å². The van der Waals surface area contributed by atoms with Crippen LogP contribution in [0.5, 0.6) is 0 Å². The van der Waals surface area contributed by atoms with Crippen LogP contribution in [0.2, 0.25) is 5.15 Å². The summed E-state index contributed by atoms with van der Waals surface area (Å²) in [4.78, 5) is 12.3. The van der Waals surface area contributed by atoms with Crippen molar-refractivity contribution in [3.63, 3.8) is 0 Å². The van der Waals surface area contributed by atoms with Crippen molar-refractivity contribution in [2.75, 3.05) is 5.32 Å². The lowest BCUT2D eigenvalue weighted by atomic mass is 10.2. The fraction of sp³-hybridized carbons (Fsp3) is 0.308. The first-order valence-electron chi connectivity index (χ1n) is 5.93. The number of nitrogens with zero attached hydrogens (tertiary/aromatic N) is 3. The van der Waals surface area contributed by atoms with Crippen LogP contribution in [0.3, 0.4) is 0 Å². The Morgan fingerprint density at radius 3 is 2.94 bits per heavy atom. The number of hydrogen-bond acceptors (Lipinski definition) is 4. The van der Waals surface area contributed by atoms with Crippen LogP contribution in [0.15, 0.2) is 30.9 Å². The van der Waals surface area contributed by atoms with E-state index in [4.69, 9.17) is 11.6 Å². The molecule has 4 nitrogen and oxygen atoms in total.